The van der Waals surface area contributed by atoms with Crippen LogP contribution >= 0.6 is 0 Å². The fourth-order valence-corrected chi connectivity index (χ4v) is 1.56. The van der Waals surface area contributed by atoms with E-state index in [0.29, 0.717) is 6.54 Å². The smallest absolute Gasteiger partial charge is 0.495 e. The highest BCUT2D eigenvalue weighted by molar-refractivity contribution is 6.74. The first-order valence-corrected chi connectivity index (χ1v) is 5.46. The van der Waals surface area contributed by atoms with E-state index < -0.39 is 12.4 Å². The summed E-state index contributed by atoms with van der Waals surface area (Å²) in [5, 5.41) is 3.94. The number of nitrogens with zero attached hydrogens (tertiary/aromatic N) is 2. The van der Waals surface area contributed by atoms with E-state index in [-0.39, 0.29) is 12.4 Å². The summed E-state index contributed by atoms with van der Waals surface area (Å²) in [6.45, 7) is -4.50. The molecule has 0 amide bonds. The molecule has 0 unspecified atom stereocenters. The molecule has 0 saturated carbocycles. The molecular formula is C11H11BF3N2O-. The molecule has 96 valence electrons. The molecule has 18 heavy (non-hydrogen) atoms. The van der Waals surface area contributed by atoms with Crippen LogP contribution in [-0.2, 0) is 6.54 Å². The number of para-hydroxylation sites is 1. The molecule has 0 bridgehead atoms. The Hall–Kier alpha value is -1.92. The van der Waals surface area contributed by atoms with Crippen LogP contribution in [0.2, 0.25) is 0 Å². The van der Waals surface area contributed by atoms with E-state index in [2.05, 4.69) is 5.10 Å². The van der Waals surface area contributed by atoms with Crippen molar-refractivity contribution in [2.45, 2.75) is 6.54 Å². The zero-order chi connectivity index (χ0) is 13.0. The van der Waals surface area contributed by atoms with E-state index in [1.54, 1.807) is 23.1 Å². The first-order chi connectivity index (χ1) is 8.57. The highest BCUT2D eigenvalue weighted by Crippen LogP contribution is 2.17. The number of aromatic nitrogens is 2. The van der Waals surface area contributed by atoms with Crippen LogP contribution in [0.1, 0.15) is 0 Å². The minimum Gasteiger partial charge on any atom is -0.495 e. The molecule has 0 radical (unpaired) electrons. The van der Waals surface area contributed by atoms with Crippen molar-refractivity contribution in [2.75, 3.05) is 6.61 Å². The van der Waals surface area contributed by atoms with Crippen LogP contribution in [0.3, 0.4) is 0 Å². The maximum atomic E-state index is 12.7. The minimum atomic E-state index is -5.05. The molecule has 0 N–H and O–H groups in total. The summed E-state index contributed by atoms with van der Waals surface area (Å²) in [6, 6.07) is 6.98. The largest absolute Gasteiger partial charge is 0.513 e. The third-order valence-corrected chi connectivity index (χ3v) is 2.41. The molecule has 0 spiro atoms. The lowest BCUT2D eigenvalue weighted by Crippen LogP contribution is -2.35. The molecule has 7 heteroatoms. The molecule has 0 aliphatic carbocycles. The van der Waals surface area contributed by atoms with E-state index in [1.807, 2.05) is 0 Å². The van der Waals surface area contributed by atoms with Crippen LogP contribution < -0.4 is 10.2 Å². The van der Waals surface area contributed by atoms with Gasteiger partial charge in [0.1, 0.15) is 6.61 Å². The lowest BCUT2D eigenvalue weighted by atomic mass is 9.79. The maximum Gasteiger partial charge on any atom is 0.513 e. The quantitative estimate of drug-likeness (QED) is 0.764. The predicted octanol–water partition coefficient (Wildman–Crippen LogP) is 2.02. The summed E-state index contributed by atoms with van der Waals surface area (Å²) in [7, 11) is 0. The minimum absolute atomic E-state index is 0.128. The van der Waals surface area contributed by atoms with Gasteiger partial charge in [0, 0.05) is 12.4 Å². The van der Waals surface area contributed by atoms with Crippen LogP contribution in [0.25, 0.3) is 0 Å². The van der Waals surface area contributed by atoms with Crippen molar-refractivity contribution in [3.8, 4) is 5.75 Å². The van der Waals surface area contributed by atoms with Crippen LogP contribution in [0.5, 0.6) is 5.75 Å². The van der Waals surface area contributed by atoms with Crippen LogP contribution in [0.4, 0.5) is 12.9 Å². The number of hydrogen-bond donors (Lipinski definition) is 0. The lowest BCUT2D eigenvalue weighted by molar-refractivity contribution is 0.292. The Bertz CT molecular complexity index is 499. The van der Waals surface area contributed by atoms with Gasteiger partial charge in [-0.2, -0.15) is 5.10 Å². The van der Waals surface area contributed by atoms with Crippen molar-refractivity contribution < 1.29 is 17.7 Å². The number of rotatable bonds is 5. The Morgan fingerprint density at radius 2 is 1.94 bits per heavy atom. The molecule has 0 fully saturated rings. The first-order valence-electron chi connectivity index (χ1n) is 5.46. The molecule has 1 aromatic carbocycles. The Balaban J connectivity index is 2.01. The molecule has 3 nitrogen and oxygen atoms in total. The third kappa shape index (κ3) is 3.06. The SMILES string of the molecule is F[B-](F)(F)c1ccccc1OCCn1cccn1. The van der Waals surface area contributed by atoms with Gasteiger partial charge in [0.2, 0.25) is 0 Å². The average molecular weight is 255 g/mol. The van der Waals surface area contributed by atoms with E-state index in [1.165, 1.54) is 18.2 Å². The maximum absolute atomic E-state index is 12.7. The van der Waals surface area contributed by atoms with Crippen molar-refractivity contribution in [1.82, 2.24) is 9.78 Å². The van der Waals surface area contributed by atoms with Gasteiger partial charge in [-0.25, -0.2) is 0 Å². The second kappa shape index (κ2) is 5.16. The summed E-state index contributed by atoms with van der Waals surface area (Å²) >= 11 is 0. The fourth-order valence-electron chi connectivity index (χ4n) is 1.56. The van der Waals surface area contributed by atoms with Crippen LogP contribution in [-0.4, -0.2) is 23.4 Å². The molecular weight excluding hydrogens is 244 g/mol. The fraction of sp³-hybridized carbons (Fsp3) is 0.182. The summed E-state index contributed by atoms with van der Waals surface area (Å²) < 4.78 is 44.9. The van der Waals surface area contributed by atoms with Crippen molar-refractivity contribution in [2.24, 2.45) is 0 Å². The zero-order valence-corrected chi connectivity index (χ0v) is 9.47. The van der Waals surface area contributed by atoms with Gasteiger partial charge in [0.15, 0.2) is 0 Å². The topological polar surface area (TPSA) is 27.1 Å². The van der Waals surface area contributed by atoms with Crippen molar-refractivity contribution in [1.29, 1.82) is 0 Å². The second-order valence-electron chi connectivity index (χ2n) is 3.73. The number of halogens is 3. The Morgan fingerprint density at radius 3 is 2.61 bits per heavy atom. The van der Waals surface area contributed by atoms with Crippen molar-refractivity contribution >= 4 is 12.4 Å². The average Bonchev–Trinajstić information content (AvgIpc) is 2.81. The number of hydrogen-bond acceptors (Lipinski definition) is 2. The summed E-state index contributed by atoms with van der Waals surface area (Å²) in [5.41, 5.74) is -0.696. The van der Waals surface area contributed by atoms with E-state index in [4.69, 9.17) is 4.74 Å². The molecule has 1 aromatic heterocycles. The molecule has 0 aliphatic rings. The molecule has 2 rings (SSSR count). The van der Waals surface area contributed by atoms with Crippen LogP contribution in [0.15, 0.2) is 42.7 Å². The van der Waals surface area contributed by atoms with Gasteiger partial charge in [-0.15, -0.1) is 0 Å². The highest BCUT2D eigenvalue weighted by Gasteiger charge is 2.28. The van der Waals surface area contributed by atoms with E-state index in [0.717, 1.165) is 6.07 Å². The van der Waals surface area contributed by atoms with Gasteiger partial charge < -0.3 is 17.7 Å². The summed E-state index contributed by atoms with van der Waals surface area (Å²) in [6.07, 6.45) is 3.33. The standard InChI is InChI=1S/C11H11BF3N2O/c13-12(14,15)10-4-1-2-5-11(10)18-9-8-17-7-3-6-16-17/h1-7H,8-9H2/q-1. The molecule has 2 aromatic rings. The summed E-state index contributed by atoms with van der Waals surface area (Å²) in [5.74, 6) is -0.128. The number of benzene rings is 1. The number of ether oxygens (including phenoxy) is 1. The van der Waals surface area contributed by atoms with Gasteiger partial charge in [-0.3, -0.25) is 4.68 Å². The first kappa shape index (κ1) is 12.5. The van der Waals surface area contributed by atoms with Gasteiger partial charge >= 0.3 is 6.98 Å². The predicted molar refractivity (Wildman–Crippen MR) is 62.9 cm³/mol. The highest BCUT2D eigenvalue weighted by atomic mass is 19.4. The van der Waals surface area contributed by atoms with E-state index in [9.17, 15) is 12.9 Å². The second-order valence-corrected chi connectivity index (χ2v) is 3.73. The zero-order valence-electron chi connectivity index (χ0n) is 9.47. The summed E-state index contributed by atoms with van der Waals surface area (Å²) in [4.78, 5) is 0. The Labute approximate surface area is 102 Å². The van der Waals surface area contributed by atoms with Gasteiger partial charge in [0.25, 0.3) is 0 Å². The Morgan fingerprint density at radius 1 is 1.17 bits per heavy atom. The van der Waals surface area contributed by atoms with Crippen molar-refractivity contribution in [3.05, 3.63) is 42.7 Å². The lowest BCUT2D eigenvalue weighted by Gasteiger charge is -2.19. The van der Waals surface area contributed by atoms with Crippen molar-refractivity contribution in [3.63, 3.8) is 0 Å². The molecule has 1 heterocycles. The Kier molecular flexibility index (Phi) is 3.59. The molecule has 0 atom stereocenters. The third-order valence-electron chi connectivity index (χ3n) is 2.41. The normalized spacial score (nSPS) is 11.5. The van der Waals surface area contributed by atoms with Gasteiger partial charge in [0.05, 0.1) is 12.3 Å². The van der Waals surface area contributed by atoms with Crippen LogP contribution in [0, 0.1) is 0 Å². The van der Waals surface area contributed by atoms with Gasteiger partial charge in [-0.05, 0) is 12.1 Å². The molecule has 0 saturated heterocycles. The molecule has 0 aliphatic heterocycles. The van der Waals surface area contributed by atoms with E-state index >= 15 is 0 Å². The van der Waals surface area contributed by atoms with Gasteiger partial charge in [-0.1, -0.05) is 23.7 Å². The monoisotopic (exact) mass is 255 g/mol.